The third-order valence-electron chi connectivity index (χ3n) is 3.29. The summed E-state index contributed by atoms with van der Waals surface area (Å²) in [6, 6.07) is 6.98. The van der Waals surface area contributed by atoms with E-state index in [0.717, 1.165) is 18.8 Å². The second-order valence-electron chi connectivity index (χ2n) is 4.75. The number of aromatic nitrogens is 2. The Morgan fingerprint density at radius 1 is 1.23 bits per heavy atom. The number of hydrogen-bond donors (Lipinski definition) is 1. The highest BCUT2D eigenvalue weighted by Crippen LogP contribution is 2.24. The number of nitrogens with one attached hydrogen (secondary N) is 1. The number of benzene rings is 1. The lowest BCUT2D eigenvalue weighted by Gasteiger charge is -2.16. The first-order valence-corrected chi connectivity index (χ1v) is 7.82. The summed E-state index contributed by atoms with van der Waals surface area (Å²) in [5, 5.41) is 8.05. The molecule has 118 valence electrons. The molecule has 0 aliphatic carbocycles. The fraction of sp³-hybridized carbons (Fsp3) is 0.333. The molecule has 0 saturated carbocycles. The molecule has 1 N–H and O–H groups in total. The highest BCUT2D eigenvalue weighted by atomic mass is 35.5. The van der Waals surface area contributed by atoms with Gasteiger partial charge in [0.2, 0.25) is 5.91 Å². The normalized spacial score (nSPS) is 11.0. The van der Waals surface area contributed by atoms with Gasteiger partial charge in [-0.3, -0.25) is 9.69 Å². The SMILES string of the molecule is CCN(CC)CC(=O)Nc1ccn(-c2ccc(Cl)c(Cl)c2)n1. The zero-order chi connectivity index (χ0) is 16.1. The average molecular weight is 341 g/mol. The summed E-state index contributed by atoms with van der Waals surface area (Å²) in [4.78, 5) is 14.0. The molecular formula is C15H18Cl2N4O. The van der Waals surface area contributed by atoms with Crippen LogP contribution in [0, 0.1) is 0 Å². The van der Waals surface area contributed by atoms with E-state index in [1.165, 1.54) is 0 Å². The number of amides is 1. The summed E-state index contributed by atoms with van der Waals surface area (Å²) in [5.41, 5.74) is 0.777. The zero-order valence-corrected chi connectivity index (χ0v) is 14.0. The van der Waals surface area contributed by atoms with Gasteiger partial charge in [0, 0.05) is 12.3 Å². The van der Waals surface area contributed by atoms with Crippen LogP contribution in [-0.4, -0.2) is 40.2 Å². The molecule has 5 nitrogen and oxygen atoms in total. The van der Waals surface area contributed by atoms with E-state index in [2.05, 4.69) is 10.4 Å². The number of anilines is 1. The van der Waals surface area contributed by atoms with Crippen molar-refractivity contribution in [1.82, 2.24) is 14.7 Å². The summed E-state index contributed by atoms with van der Waals surface area (Å²) >= 11 is 11.9. The van der Waals surface area contributed by atoms with Crippen molar-refractivity contribution in [3.8, 4) is 5.69 Å². The minimum absolute atomic E-state index is 0.0805. The lowest BCUT2D eigenvalue weighted by molar-refractivity contribution is -0.117. The molecule has 7 heteroatoms. The summed E-state index contributed by atoms with van der Waals surface area (Å²) in [6.07, 6.45) is 1.76. The van der Waals surface area contributed by atoms with E-state index < -0.39 is 0 Å². The van der Waals surface area contributed by atoms with Gasteiger partial charge < -0.3 is 5.32 Å². The van der Waals surface area contributed by atoms with Gasteiger partial charge in [-0.05, 0) is 31.3 Å². The van der Waals surface area contributed by atoms with Gasteiger partial charge in [0.1, 0.15) is 0 Å². The van der Waals surface area contributed by atoms with E-state index in [1.54, 1.807) is 29.1 Å². The van der Waals surface area contributed by atoms with Crippen LogP contribution >= 0.6 is 23.2 Å². The fourth-order valence-electron chi connectivity index (χ4n) is 1.99. The monoisotopic (exact) mass is 340 g/mol. The number of carbonyl (C=O) groups excluding carboxylic acids is 1. The molecule has 0 fully saturated rings. The van der Waals surface area contributed by atoms with E-state index in [-0.39, 0.29) is 5.91 Å². The van der Waals surface area contributed by atoms with Crippen molar-refractivity contribution >= 4 is 34.9 Å². The molecule has 0 unspecified atom stereocenters. The van der Waals surface area contributed by atoms with Gasteiger partial charge in [0.25, 0.3) is 0 Å². The van der Waals surface area contributed by atoms with Crippen LogP contribution < -0.4 is 5.32 Å². The van der Waals surface area contributed by atoms with Crippen LogP contribution in [-0.2, 0) is 4.79 Å². The molecule has 2 aromatic rings. The van der Waals surface area contributed by atoms with Crippen LogP contribution in [0.3, 0.4) is 0 Å². The van der Waals surface area contributed by atoms with Crippen molar-refractivity contribution in [3.05, 3.63) is 40.5 Å². The van der Waals surface area contributed by atoms with Gasteiger partial charge in [-0.15, -0.1) is 0 Å². The van der Waals surface area contributed by atoms with Gasteiger partial charge in [-0.25, -0.2) is 4.68 Å². The third kappa shape index (κ3) is 4.22. The van der Waals surface area contributed by atoms with E-state index in [4.69, 9.17) is 23.2 Å². The highest BCUT2D eigenvalue weighted by molar-refractivity contribution is 6.42. The molecule has 0 saturated heterocycles. The van der Waals surface area contributed by atoms with Gasteiger partial charge in [0.15, 0.2) is 5.82 Å². The summed E-state index contributed by atoms with van der Waals surface area (Å²) < 4.78 is 1.63. The Hall–Kier alpha value is -1.56. The molecule has 1 aromatic carbocycles. The first kappa shape index (κ1) is 16.8. The maximum absolute atomic E-state index is 11.9. The lowest BCUT2D eigenvalue weighted by Crippen LogP contribution is -2.33. The molecule has 0 bridgehead atoms. The first-order chi connectivity index (χ1) is 10.5. The third-order valence-corrected chi connectivity index (χ3v) is 4.02. The Kier molecular flexibility index (Phi) is 5.83. The second kappa shape index (κ2) is 7.63. The van der Waals surface area contributed by atoms with Gasteiger partial charge in [-0.2, -0.15) is 5.10 Å². The minimum atomic E-state index is -0.0805. The fourth-order valence-corrected chi connectivity index (χ4v) is 2.29. The van der Waals surface area contributed by atoms with Crippen molar-refractivity contribution in [2.45, 2.75) is 13.8 Å². The Bertz CT molecular complexity index is 653. The number of hydrogen-bond acceptors (Lipinski definition) is 3. The second-order valence-corrected chi connectivity index (χ2v) is 5.57. The molecule has 22 heavy (non-hydrogen) atoms. The van der Waals surface area contributed by atoms with Crippen molar-refractivity contribution in [2.75, 3.05) is 25.0 Å². The van der Waals surface area contributed by atoms with E-state index >= 15 is 0 Å². The van der Waals surface area contributed by atoms with Crippen LogP contribution in [0.1, 0.15) is 13.8 Å². The van der Waals surface area contributed by atoms with Crippen molar-refractivity contribution in [3.63, 3.8) is 0 Å². The maximum atomic E-state index is 11.9. The quantitative estimate of drug-likeness (QED) is 0.875. The Morgan fingerprint density at radius 2 is 1.95 bits per heavy atom. The van der Waals surface area contributed by atoms with Gasteiger partial charge >= 0.3 is 0 Å². The molecule has 1 aromatic heterocycles. The van der Waals surface area contributed by atoms with E-state index in [1.807, 2.05) is 24.8 Å². The van der Waals surface area contributed by atoms with E-state index in [0.29, 0.717) is 22.4 Å². The van der Waals surface area contributed by atoms with Crippen molar-refractivity contribution < 1.29 is 4.79 Å². The van der Waals surface area contributed by atoms with Crippen molar-refractivity contribution in [2.24, 2.45) is 0 Å². The molecule has 2 rings (SSSR count). The lowest BCUT2D eigenvalue weighted by atomic mass is 10.3. The van der Waals surface area contributed by atoms with Crippen LogP contribution in [0.15, 0.2) is 30.5 Å². The molecule has 1 heterocycles. The van der Waals surface area contributed by atoms with E-state index in [9.17, 15) is 4.79 Å². The number of halogens is 2. The summed E-state index contributed by atoms with van der Waals surface area (Å²) in [6.45, 7) is 6.07. The van der Waals surface area contributed by atoms with Crippen LogP contribution in [0.2, 0.25) is 10.0 Å². The Balaban J connectivity index is 2.05. The number of rotatable bonds is 6. The average Bonchev–Trinajstić information content (AvgIpc) is 2.96. The van der Waals surface area contributed by atoms with Gasteiger partial charge in [0.05, 0.1) is 22.3 Å². The summed E-state index contributed by atoms with van der Waals surface area (Å²) in [7, 11) is 0. The van der Waals surface area contributed by atoms with Crippen LogP contribution in [0.25, 0.3) is 5.69 Å². The van der Waals surface area contributed by atoms with Crippen LogP contribution in [0.5, 0.6) is 0 Å². The number of likely N-dealkylation sites (N-methyl/N-ethyl adjacent to an activating group) is 1. The number of carbonyl (C=O) groups is 1. The minimum Gasteiger partial charge on any atom is -0.308 e. The van der Waals surface area contributed by atoms with Crippen molar-refractivity contribution in [1.29, 1.82) is 0 Å². The first-order valence-electron chi connectivity index (χ1n) is 7.06. The Labute approximate surface area is 139 Å². The zero-order valence-electron chi connectivity index (χ0n) is 12.5. The topological polar surface area (TPSA) is 50.2 Å². The predicted molar refractivity (Wildman–Crippen MR) is 90.0 cm³/mol. The number of nitrogens with zero attached hydrogens (tertiary/aromatic N) is 3. The molecule has 1 amide bonds. The smallest absolute Gasteiger partial charge is 0.239 e. The molecule has 0 aliphatic rings. The largest absolute Gasteiger partial charge is 0.308 e. The van der Waals surface area contributed by atoms with Gasteiger partial charge in [-0.1, -0.05) is 37.0 Å². The molecular weight excluding hydrogens is 323 g/mol. The standard InChI is InChI=1S/C15H18Cl2N4O/c1-3-20(4-2)10-15(22)18-14-7-8-21(19-14)11-5-6-12(16)13(17)9-11/h5-9H,3-4,10H2,1-2H3,(H,18,19,22). The molecule has 0 radical (unpaired) electrons. The predicted octanol–water partition coefficient (Wildman–Crippen LogP) is 3.46. The molecule has 0 spiro atoms. The summed E-state index contributed by atoms with van der Waals surface area (Å²) in [5.74, 6) is 0.423. The Morgan fingerprint density at radius 3 is 2.59 bits per heavy atom. The molecule has 0 aliphatic heterocycles. The highest BCUT2D eigenvalue weighted by Gasteiger charge is 2.10. The molecule has 0 atom stereocenters. The maximum Gasteiger partial charge on any atom is 0.239 e. The van der Waals surface area contributed by atoms with Crippen LogP contribution in [0.4, 0.5) is 5.82 Å².